The molecule has 0 fully saturated rings. The molecule has 14 heteroatoms. The molecule has 0 bridgehead atoms. The van der Waals surface area contributed by atoms with Gasteiger partial charge in [0.1, 0.15) is 32.9 Å². The van der Waals surface area contributed by atoms with E-state index >= 15 is 0 Å². The molecule has 0 amide bonds. The SMILES string of the molecule is C[Si](C)(C)N.C[Si](C)(C)N.C[Si](C)(C)N.C[Si](C)(C)N[SiH2]Cl.Cl.Cl[SiH2][ClH+]. The monoisotopic (exact) mass is 557 g/mol. The average Bonchev–Trinajstić information content (AvgIpc) is 2.06. The van der Waals surface area contributed by atoms with Crippen molar-refractivity contribution in [1.29, 1.82) is 0 Å². The molecule has 4 nitrogen and oxygen atoms in total. The summed E-state index contributed by atoms with van der Waals surface area (Å²) in [6.07, 6.45) is 0. The normalized spacial score (nSPS) is 11.8. The molecule has 0 saturated carbocycles. The van der Waals surface area contributed by atoms with Gasteiger partial charge in [-0.05, 0) is 0 Å². The molecule has 0 aliphatic carbocycles. The summed E-state index contributed by atoms with van der Waals surface area (Å²) in [5.41, 5.74) is 0. The Morgan fingerprint density at radius 2 is 0.769 bits per heavy atom. The number of nitrogens with one attached hydrogen (secondary N) is 1. The largest absolute Gasteiger partial charge is 0.439 e. The number of rotatable bonds is 2. The summed E-state index contributed by atoms with van der Waals surface area (Å²) in [6, 6.07) is 0. The van der Waals surface area contributed by atoms with E-state index in [0.29, 0.717) is 0 Å². The molecule has 0 spiro atoms. The first-order valence-electron chi connectivity index (χ1n) is 8.29. The van der Waals surface area contributed by atoms with Crippen molar-refractivity contribution in [3.05, 3.63) is 0 Å². The van der Waals surface area contributed by atoms with Gasteiger partial charge in [0.25, 0.3) is 0 Å². The highest BCUT2D eigenvalue weighted by Crippen LogP contribution is 1.91. The second-order valence-corrected chi connectivity index (χ2v) is 33.8. The van der Waals surface area contributed by atoms with Crippen LogP contribution in [0.2, 0.25) is 78.6 Å². The maximum atomic E-state index is 5.55. The van der Waals surface area contributed by atoms with Gasteiger partial charge in [-0.15, -0.1) is 12.4 Å². The van der Waals surface area contributed by atoms with Gasteiger partial charge in [-0.3, -0.25) is 0 Å². The molecule has 0 saturated heterocycles. The summed E-state index contributed by atoms with van der Waals surface area (Å²) in [5, 5.41) is 16.5. The van der Waals surface area contributed by atoms with E-state index in [1.165, 1.54) is 0 Å². The standard InChI is InChI=1S/C3H12ClNSi2.3C3H11NSi.Cl2H3Si.ClH/c1-7(2,3)5-6-4;3*1-5(2,3)4;1-3-2;/h5H,6H2,1-3H3;3*4H2,1-3H3;1H,3H2;1H/q;;;;+1;. The maximum Gasteiger partial charge on any atom is 0.439 e. The van der Waals surface area contributed by atoms with Crippen LogP contribution in [0.25, 0.3) is 0 Å². The molecule has 0 aliphatic heterocycles. The Hall–Kier alpha value is 2.30. The van der Waals surface area contributed by atoms with E-state index in [1.54, 1.807) is 0 Å². The average molecular weight is 560 g/mol. The molecule has 0 aliphatic rings. The molecule has 0 unspecified atom stereocenters. The zero-order chi connectivity index (χ0) is 22.1. The van der Waals surface area contributed by atoms with Gasteiger partial charge in [0.2, 0.25) is 0 Å². The first-order chi connectivity index (χ1) is 10.5. The van der Waals surface area contributed by atoms with Gasteiger partial charge in [-0.25, -0.2) is 0 Å². The molecule has 0 aromatic carbocycles. The smallest absolute Gasteiger partial charge is 0.352 e. The summed E-state index contributed by atoms with van der Waals surface area (Å²) in [7, 11) is -5.24. The van der Waals surface area contributed by atoms with Gasteiger partial charge >= 0.3 is 8.14 Å². The molecular formula is C12H49Cl4N4Si6+. The molecule has 0 rings (SSSR count). The molecule has 168 valence electrons. The van der Waals surface area contributed by atoms with Crippen molar-refractivity contribution in [2.24, 2.45) is 16.2 Å². The quantitative estimate of drug-likeness (QED) is 0.309. The third kappa shape index (κ3) is 424. The Kier molecular flexibility index (Phi) is 35.9. The first-order valence-corrected chi connectivity index (χ1v) is 29.8. The van der Waals surface area contributed by atoms with Crippen molar-refractivity contribution in [2.75, 3.05) is 0 Å². The van der Waals surface area contributed by atoms with Crippen LogP contribution < -0.4 is 20.8 Å². The van der Waals surface area contributed by atoms with Gasteiger partial charge < -0.3 is 20.8 Å². The molecule has 0 atom stereocenters. The maximum absolute atomic E-state index is 5.55. The van der Waals surface area contributed by atoms with Gasteiger partial charge in [-0.2, -0.15) is 11.1 Å². The van der Waals surface area contributed by atoms with Crippen LogP contribution in [0.1, 0.15) is 0 Å². The van der Waals surface area contributed by atoms with Crippen LogP contribution in [0.5, 0.6) is 0 Å². The predicted octanol–water partition coefficient (Wildman–Crippen LogP) is 2.92. The second kappa shape index (κ2) is 22.0. The zero-order valence-corrected chi connectivity index (χ0v) is 29.2. The fourth-order valence-electron chi connectivity index (χ4n) is 0.200. The van der Waals surface area contributed by atoms with E-state index in [1.807, 2.05) is 0 Å². The highest BCUT2D eigenvalue weighted by atomic mass is 35.7. The van der Waals surface area contributed by atoms with Crippen molar-refractivity contribution in [2.45, 2.75) is 78.6 Å². The lowest BCUT2D eigenvalue weighted by molar-refractivity contribution is -0.174. The molecule has 26 heavy (non-hydrogen) atoms. The van der Waals surface area contributed by atoms with E-state index < -0.39 is 50.1 Å². The highest BCUT2D eigenvalue weighted by molar-refractivity contribution is 6.98. The fourth-order valence-corrected chi connectivity index (χ4v) is 5.41. The fraction of sp³-hybridized carbons (Fsp3) is 1.00. The minimum absolute atomic E-state index is 0. The van der Waals surface area contributed by atoms with E-state index in [-0.39, 0.29) is 12.4 Å². The van der Waals surface area contributed by atoms with Crippen LogP contribution in [-0.4, -0.2) is 50.1 Å². The summed E-state index contributed by atoms with van der Waals surface area (Å²) >= 11 is 14.8. The Labute approximate surface area is 194 Å². The Bertz CT molecular complexity index is 220. The molecular weight excluding hydrogens is 510 g/mol. The Morgan fingerprint density at radius 3 is 0.769 bits per heavy atom. The van der Waals surface area contributed by atoms with Crippen molar-refractivity contribution in [3.63, 3.8) is 0 Å². The molecule has 0 heterocycles. The first kappa shape index (κ1) is 42.4. The zero-order valence-electron chi connectivity index (χ0n) is 19.2. The molecule has 0 aromatic heterocycles. The number of hydrogen-bond donors (Lipinski definition) is 4. The lowest BCUT2D eigenvalue weighted by Gasteiger charge is -2.14. The van der Waals surface area contributed by atoms with E-state index in [2.05, 4.69) is 94.3 Å². The van der Waals surface area contributed by atoms with Crippen LogP contribution in [0, 0.1) is 11.1 Å². The number of halogens is 4. The minimum Gasteiger partial charge on any atom is -0.352 e. The van der Waals surface area contributed by atoms with Crippen molar-refractivity contribution in [3.8, 4) is 0 Å². The number of nitrogens with two attached hydrogens (primary N) is 3. The van der Waals surface area contributed by atoms with Gasteiger partial charge in [-0.1, -0.05) is 89.6 Å². The van der Waals surface area contributed by atoms with Gasteiger partial charge in [0.15, 0.2) is 8.99 Å². The van der Waals surface area contributed by atoms with Crippen molar-refractivity contribution < 1.29 is 11.1 Å². The molecule has 7 N–H and O–H groups in total. The van der Waals surface area contributed by atoms with Gasteiger partial charge in [0.05, 0.1) is 0 Å². The third-order valence-electron chi connectivity index (χ3n) is 0.597. The highest BCUT2D eigenvalue weighted by Gasteiger charge is 2.09. The van der Waals surface area contributed by atoms with Crippen LogP contribution in [-0.2, 0) is 0 Å². The van der Waals surface area contributed by atoms with Crippen LogP contribution in [0.4, 0.5) is 0 Å². The summed E-state index contributed by atoms with van der Waals surface area (Å²) in [6.45, 7) is 25.7. The summed E-state index contributed by atoms with van der Waals surface area (Å²) in [4.78, 5) is 0. The van der Waals surface area contributed by atoms with Crippen molar-refractivity contribution in [1.82, 2.24) is 4.65 Å². The van der Waals surface area contributed by atoms with Crippen LogP contribution in [0.15, 0.2) is 0 Å². The van der Waals surface area contributed by atoms with E-state index in [0.717, 1.165) is 0 Å². The Morgan fingerprint density at radius 1 is 0.654 bits per heavy atom. The topological polar surface area (TPSA) is 90.1 Å². The molecule has 0 radical (unpaired) electrons. The number of hydrogen-bond acceptors (Lipinski definition) is 4. The van der Waals surface area contributed by atoms with Crippen LogP contribution in [0.3, 0.4) is 0 Å². The second-order valence-electron chi connectivity index (χ2n) is 9.77. The summed E-state index contributed by atoms with van der Waals surface area (Å²) < 4.78 is 3.33. The Balaban J connectivity index is -0.0000000487. The van der Waals surface area contributed by atoms with E-state index in [9.17, 15) is 0 Å². The minimum atomic E-state index is -1.11. The summed E-state index contributed by atoms with van der Waals surface area (Å²) in [5.74, 6) is 0. The van der Waals surface area contributed by atoms with Crippen molar-refractivity contribution >= 4 is 84.6 Å². The lowest BCUT2D eigenvalue weighted by atomic mass is 11.8. The van der Waals surface area contributed by atoms with Crippen LogP contribution >= 0.6 is 34.6 Å². The lowest BCUT2D eigenvalue weighted by Crippen LogP contribution is -2.41. The molecule has 0 aromatic rings. The van der Waals surface area contributed by atoms with E-state index in [4.69, 9.17) is 38.4 Å². The predicted molar refractivity (Wildman–Crippen MR) is 147 cm³/mol. The van der Waals surface area contributed by atoms with Gasteiger partial charge in [0, 0.05) is 11.1 Å². The third-order valence-corrected chi connectivity index (χ3v) is 6.58.